The van der Waals surface area contributed by atoms with Gasteiger partial charge in [0.1, 0.15) is 11.2 Å². The lowest BCUT2D eigenvalue weighted by Crippen LogP contribution is -2.27. The van der Waals surface area contributed by atoms with Crippen molar-refractivity contribution in [3.63, 3.8) is 0 Å². The van der Waals surface area contributed by atoms with Crippen LogP contribution in [-0.2, 0) is 15.1 Å². The van der Waals surface area contributed by atoms with Gasteiger partial charge < -0.3 is 9.47 Å². The van der Waals surface area contributed by atoms with Crippen LogP contribution in [0, 0.1) is 0 Å². The number of carbonyl (C=O) groups is 1. The van der Waals surface area contributed by atoms with E-state index >= 15 is 0 Å². The highest BCUT2D eigenvalue weighted by Gasteiger charge is 2.43. The van der Waals surface area contributed by atoms with E-state index in [0.717, 1.165) is 5.56 Å². The summed E-state index contributed by atoms with van der Waals surface area (Å²) in [5.41, 5.74) is 0.655. The van der Waals surface area contributed by atoms with Gasteiger partial charge in [0.05, 0.1) is 12.3 Å². The highest BCUT2D eigenvalue weighted by atomic mass is 35.5. The molecular formula is C14H18ClNO3. The summed E-state index contributed by atoms with van der Waals surface area (Å²) in [5, 5.41) is 3.28. The maximum absolute atomic E-state index is 11.8. The Kier molecular flexibility index (Phi) is 3.49. The molecule has 1 aliphatic heterocycles. The molecule has 1 atom stereocenters. The van der Waals surface area contributed by atoms with E-state index in [1.165, 1.54) is 0 Å². The summed E-state index contributed by atoms with van der Waals surface area (Å²) < 4.78 is 10.6. The van der Waals surface area contributed by atoms with E-state index < -0.39 is 11.7 Å². The van der Waals surface area contributed by atoms with Gasteiger partial charge in [-0.3, -0.25) is 5.32 Å². The number of rotatable bonds is 2. The van der Waals surface area contributed by atoms with E-state index in [1.54, 1.807) is 12.1 Å². The number of hydrogen-bond acceptors (Lipinski definition) is 3. The van der Waals surface area contributed by atoms with E-state index in [2.05, 4.69) is 5.32 Å². The van der Waals surface area contributed by atoms with Crippen molar-refractivity contribution in [2.45, 2.75) is 38.9 Å². The smallest absolute Gasteiger partial charge is 0.412 e. The third kappa shape index (κ3) is 3.61. The second-order valence-corrected chi connectivity index (χ2v) is 6.27. The van der Waals surface area contributed by atoms with Gasteiger partial charge in [-0.2, -0.15) is 0 Å². The Bertz CT molecular complexity index is 504. The molecule has 1 aliphatic rings. The van der Waals surface area contributed by atoms with Crippen molar-refractivity contribution in [2.75, 3.05) is 11.9 Å². The molecule has 1 fully saturated rings. The molecule has 19 heavy (non-hydrogen) atoms. The third-order valence-electron chi connectivity index (χ3n) is 2.76. The Balaban J connectivity index is 2.20. The molecule has 0 bridgehead atoms. The predicted molar refractivity (Wildman–Crippen MR) is 74.6 cm³/mol. The molecule has 104 valence electrons. The molecule has 1 aromatic carbocycles. The molecule has 0 aliphatic carbocycles. The average molecular weight is 284 g/mol. The van der Waals surface area contributed by atoms with E-state index in [4.69, 9.17) is 21.1 Å². The van der Waals surface area contributed by atoms with Crippen LogP contribution < -0.4 is 5.32 Å². The van der Waals surface area contributed by atoms with Crippen molar-refractivity contribution < 1.29 is 14.3 Å². The fourth-order valence-corrected chi connectivity index (χ4v) is 1.93. The van der Waals surface area contributed by atoms with Crippen molar-refractivity contribution in [3.05, 3.63) is 28.8 Å². The van der Waals surface area contributed by atoms with Crippen LogP contribution in [0.2, 0.25) is 5.02 Å². The van der Waals surface area contributed by atoms with Gasteiger partial charge in [0.25, 0.3) is 0 Å². The predicted octanol–water partition coefficient (Wildman–Crippen LogP) is 3.93. The molecule has 1 unspecified atom stereocenters. The number of benzene rings is 1. The normalized spacial score (nSPS) is 21.9. The van der Waals surface area contributed by atoms with Gasteiger partial charge in [0.15, 0.2) is 0 Å². The van der Waals surface area contributed by atoms with Gasteiger partial charge in [0, 0.05) is 10.6 Å². The number of halogens is 1. The molecule has 4 nitrogen and oxygen atoms in total. The van der Waals surface area contributed by atoms with Gasteiger partial charge in [-0.25, -0.2) is 4.79 Å². The van der Waals surface area contributed by atoms with E-state index in [9.17, 15) is 4.79 Å². The first kappa shape index (κ1) is 14.2. The number of hydrogen-bond donors (Lipinski definition) is 1. The zero-order valence-corrected chi connectivity index (χ0v) is 12.3. The van der Waals surface area contributed by atoms with Gasteiger partial charge >= 0.3 is 6.09 Å². The van der Waals surface area contributed by atoms with Crippen molar-refractivity contribution in [1.29, 1.82) is 0 Å². The monoisotopic (exact) mass is 283 g/mol. The first-order chi connectivity index (χ1) is 8.70. The first-order valence-corrected chi connectivity index (χ1v) is 6.51. The van der Waals surface area contributed by atoms with Crippen LogP contribution >= 0.6 is 11.6 Å². The number of amides is 1. The number of anilines is 1. The summed E-state index contributed by atoms with van der Waals surface area (Å²) >= 11 is 5.97. The summed E-state index contributed by atoms with van der Waals surface area (Å²) in [6, 6.07) is 5.35. The SMILES string of the molecule is CC(C)(C)OC(=O)Nc1cc(Cl)ccc1C1(C)CO1. The standard InChI is InChI=1S/C14H18ClNO3/c1-13(2,3)19-12(17)16-11-7-9(15)5-6-10(11)14(4)8-18-14/h5-7H,8H2,1-4H3,(H,16,17). The highest BCUT2D eigenvalue weighted by molar-refractivity contribution is 6.31. The van der Waals surface area contributed by atoms with Crippen molar-refractivity contribution >= 4 is 23.4 Å². The Morgan fingerprint density at radius 2 is 2.11 bits per heavy atom. The Labute approximate surface area is 118 Å². The number of carbonyl (C=O) groups excluding carboxylic acids is 1. The second kappa shape index (κ2) is 4.69. The molecule has 1 heterocycles. The zero-order valence-electron chi connectivity index (χ0n) is 11.5. The topological polar surface area (TPSA) is 50.9 Å². The van der Waals surface area contributed by atoms with Crippen LogP contribution in [0.3, 0.4) is 0 Å². The van der Waals surface area contributed by atoms with Gasteiger partial charge in [-0.1, -0.05) is 17.7 Å². The van der Waals surface area contributed by atoms with Crippen LogP contribution in [0.5, 0.6) is 0 Å². The van der Waals surface area contributed by atoms with Gasteiger partial charge in [0.2, 0.25) is 0 Å². The summed E-state index contributed by atoms with van der Waals surface area (Å²) in [7, 11) is 0. The number of ether oxygens (including phenoxy) is 2. The van der Waals surface area contributed by atoms with Crippen molar-refractivity contribution in [3.8, 4) is 0 Å². The molecule has 1 N–H and O–H groups in total. The highest BCUT2D eigenvalue weighted by Crippen LogP contribution is 2.42. The molecule has 1 saturated heterocycles. The lowest BCUT2D eigenvalue weighted by Gasteiger charge is -2.21. The minimum absolute atomic E-state index is 0.338. The summed E-state index contributed by atoms with van der Waals surface area (Å²) in [5.74, 6) is 0. The maximum Gasteiger partial charge on any atom is 0.412 e. The van der Waals surface area contributed by atoms with Gasteiger partial charge in [-0.15, -0.1) is 0 Å². The maximum atomic E-state index is 11.8. The average Bonchev–Trinajstić information content (AvgIpc) is 2.94. The molecule has 0 aromatic heterocycles. The minimum Gasteiger partial charge on any atom is -0.444 e. The molecule has 1 aromatic rings. The zero-order chi connectivity index (χ0) is 14.3. The molecule has 0 spiro atoms. The summed E-state index contributed by atoms with van der Waals surface area (Å²) in [6.07, 6.45) is -0.500. The van der Waals surface area contributed by atoms with E-state index in [1.807, 2.05) is 33.8 Å². The van der Waals surface area contributed by atoms with E-state index in [-0.39, 0.29) is 5.60 Å². The molecule has 5 heteroatoms. The lowest BCUT2D eigenvalue weighted by atomic mass is 10.00. The van der Waals surface area contributed by atoms with Gasteiger partial charge in [-0.05, 0) is 39.8 Å². The van der Waals surface area contributed by atoms with Crippen molar-refractivity contribution in [2.24, 2.45) is 0 Å². The van der Waals surface area contributed by atoms with Crippen LogP contribution in [0.4, 0.5) is 10.5 Å². The fourth-order valence-electron chi connectivity index (χ4n) is 1.76. The van der Waals surface area contributed by atoms with E-state index in [0.29, 0.717) is 17.3 Å². The molecule has 2 rings (SSSR count). The quantitative estimate of drug-likeness (QED) is 0.837. The van der Waals surface area contributed by atoms with Crippen LogP contribution in [0.15, 0.2) is 18.2 Å². The summed E-state index contributed by atoms with van der Waals surface area (Å²) in [6.45, 7) is 8.05. The molecule has 0 radical (unpaired) electrons. The molecular weight excluding hydrogens is 266 g/mol. The lowest BCUT2D eigenvalue weighted by molar-refractivity contribution is 0.0635. The Hall–Kier alpha value is -1.26. The third-order valence-corrected chi connectivity index (χ3v) is 3.00. The molecule has 0 saturated carbocycles. The second-order valence-electron chi connectivity index (χ2n) is 5.84. The largest absolute Gasteiger partial charge is 0.444 e. The van der Waals surface area contributed by atoms with Crippen LogP contribution in [0.25, 0.3) is 0 Å². The van der Waals surface area contributed by atoms with Crippen molar-refractivity contribution in [1.82, 2.24) is 0 Å². The Morgan fingerprint density at radius 1 is 1.47 bits per heavy atom. The van der Waals surface area contributed by atoms with Crippen LogP contribution in [-0.4, -0.2) is 18.3 Å². The van der Waals surface area contributed by atoms with Crippen LogP contribution in [0.1, 0.15) is 33.3 Å². The number of nitrogens with one attached hydrogen (secondary N) is 1. The first-order valence-electron chi connectivity index (χ1n) is 6.14. The number of epoxide rings is 1. The fraction of sp³-hybridized carbons (Fsp3) is 0.500. The summed E-state index contributed by atoms with van der Waals surface area (Å²) in [4.78, 5) is 11.8. The Morgan fingerprint density at radius 3 is 2.63 bits per heavy atom. The molecule has 1 amide bonds. The minimum atomic E-state index is -0.539.